The highest BCUT2D eigenvalue weighted by molar-refractivity contribution is 5.89. The number of nitrogens with zero attached hydrogens (tertiary/aromatic N) is 1. The highest BCUT2D eigenvalue weighted by Crippen LogP contribution is 2.11. The van der Waals surface area contributed by atoms with Gasteiger partial charge in [-0.05, 0) is 26.0 Å². The first-order chi connectivity index (χ1) is 7.18. The van der Waals surface area contributed by atoms with Crippen LogP contribution in [0.1, 0.15) is 11.4 Å². The molecule has 0 radical (unpaired) electrons. The van der Waals surface area contributed by atoms with Gasteiger partial charge in [0.05, 0.1) is 5.92 Å². The first-order valence-corrected chi connectivity index (χ1v) is 4.99. The van der Waals surface area contributed by atoms with Crippen LogP contribution in [0.15, 0.2) is 36.4 Å². The van der Waals surface area contributed by atoms with Gasteiger partial charge in [0.2, 0.25) is 5.91 Å². The molecular weight excluding hydrogens is 188 g/mol. The summed E-state index contributed by atoms with van der Waals surface area (Å²) in [6.07, 6.45) is 7.53. The SMILES string of the molecule is Cc1ccc(C)n1NC(=O)C1C=CC=C1. The summed E-state index contributed by atoms with van der Waals surface area (Å²) in [5.74, 6) is -0.131. The number of rotatable bonds is 2. The summed E-state index contributed by atoms with van der Waals surface area (Å²) in [7, 11) is 0. The van der Waals surface area contributed by atoms with Crippen molar-refractivity contribution < 1.29 is 4.79 Å². The molecule has 1 amide bonds. The van der Waals surface area contributed by atoms with Crippen molar-refractivity contribution in [2.45, 2.75) is 13.8 Å². The molecule has 0 saturated carbocycles. The molecule has 1 aliphatic carbocycles. The van der Waals surface area contributed by atoms with E-state index in [4.69, 9.17) is 0 Å². The molecule has 1 heterocycles. The van der Waals surface area contributed by atoms with E-state index in [0.717, 1.165) is 11.4 Å². The van der Waals surface area contributed by atoms with Crippen molar-refractivity contribution in [1.29, 1.82) is 0 Å². The van der Waals surface area contributed by atoms with Gasteiger partial charge in [0.25, 0.3) is 0 Å². The number of amides is 1. The molecule has 2 rings (SSSR count). The Morgan fingerprint density at radius 2 is 1.73 bits per heavy atom. The van der Waals surface area contributed by atoms with E-state index in [9.17, 15) is 4.79 Å². The predicted molar refractivity (Wildman–Crippen MR) is 60.0 cm³/mol. The van der Waals surface area contributed by atoms with Gasteiger partial charge in [0.15, 0.2) is 0 Å². The molecule has 3 nitrogen and oxygen atoms in total. The van der Waals surface area contributed by atoms with Crippen LogP contribution >= 0.6 is 0 Å². The zero-order valence-electron chi connectivity index (χ0n) is 8.90. The van der Waals surface area contributed by atoms with Crippen molar-refractivity contribution in [1.82, 2.24) is 4.68 Å². The average Bonchev–Trinajstić information content (AvgIpc) is 2.82. The van der Waals surface area contributed by atoms with Gasteiger partial charge in [0.1, 0.15) is 0 Å². The van der Waals surface area contributed by atoms with E-state index in [1.54, 1.807) is 0 Å². The Bertz CT molecular complexity index is 409. The van der Waals surface area contributed by atoms with Gasteiger partial charge >= 0.3 is 0 Å². The molecule has 0 fully saturated rings. The number of allylic oxidation sites excluding steroid dienone is 2. The van der Waals surface area contributed by atoms with Gasteiger partial charge in [0, 0.05) is 11.4 Å². The molecule has 0 aliphatic heterocycles. The minimum Gasteiger partial charge on any atom is -0.272 e. The molecule has 1 aliphatic rings. The Labute approximate surface area is 89.1 Å². The number of carbonyl (C=O) groups is 1. The summed E-state index contributed by atoms with van der Waals surface area (Å²) < 4.78 is 1.81. The minimum absolute atomic E-state index is 0.00222. The first-order valence-electron chi connectivity index (χ1n) is 4.99. The van der Waals surface area contributed by atoms with Crippen molar-refractivity contribution in [3.8, 4) is 0 Å². The fourth-order valence-electron chi connectivity index (χ4n) is 1.64. The summed E-state index contributed by atoms with van der Waals surface area (Å²) in [6, 6.07) is 3.96. The van der Waals surface area contributed by atoms with E-state index in [0.29, 0.717) is 0 Å². The standard InChI is InChI=1S/C12H14N2O/c1-9-7-8-10(2)14(9)13-12(15)11-5-3-4-6-11/h3-8,11H,1-2H3,(H,13,15). The maximum absolute atomic E-state index is 11.8. The maximum Gasteiger partial charge on any atom is 0.249 e. The lowest BCUT2D eigenvalue weighted by Crippen LogP contribution is -2.28. The highest BCUT2D eigenvalue weighted by Gasteiger charge is 2.15. The van der Waals surface area contributed by atoms with Gasteiger partial charge in [-0.2, -0.15) is 0 Å². The van der Waals surface area contributed by atoms with Gasteiger partial charge in [-0.1, -0.05) is 24.3 Å². The average molecular weight is 202 g/mol. The third-order valence-corrected chi connectivity index (χ3v) is 2.54. The summed E-state index contributed by atoms with van der Waals surface area (Å²) in [6.45, 7) is 3.93. The van der Waals surface area contributed by atoms with Gasteiger partial charge in [-0.15, -0.1) is 0 Å². The molecule has 0 aromatic carbocycles. The largest absolute Gasteiger partial charge is 0.272 e. The molecule has 1 N–H and O–H groups in total. The van der Waals surface area contributed by atoms with Crippen LogP contribution in [0.3, 0.4) is 0 Å². The predicted octanol–water partition coefficient (Wildman–Crippen LogP) is 1.92. The van der Waals surface area contributed by atoms with Crippen LogP contribution in [0.25, 0.3) is 0 Å². The molecule has 0 atom stereocenters. The molecule has 0 unspecified atom stereocenters. The van der Waals surface area contributed by atoms with E-state index in [1.807, 2.05) is 55.0 Å². The van der Waals surface area contributed by atoms with E-state index >= 15 is 0 Å². The fraction of sp³-hybridized carbons (Fsp3) is 0.250. The number of hydrogen-bond donors (Lipinski definition) is 1. The second-order valence-electron chi connectivity index (χ2n) is 3.72. The lowest BCUT2D eigenvalue weighted by molar-refractivity contribution is -0.118. The molecule has 0 saturated heterocycles. The van der Waals surface area contributed by atoms with Gasteiger partial charge in [-0.3, -0.25) is 14.9 Å². The van der Waals surface area contributed by atoms with Crippen molar-refractivity contribution >= 4 is 5.91 Å². The molecule has 1 aromatic rings. The second-order valence-corrected chi connectivity index (χ2v) is 3.72. The zero-order valence-corrected chi connectivity index (χ0v) is 8.90. The number of aromatic nitrogens is 1. The normalized spacial score (nSPS) is 14.8. The van der Waals surface area contributed by atoms with Crippen LogP contribution in [0.4, 0.5) is 0 Å². The third kappa shape index (κ3) is 1.86. The Morgan fingerprint density at radius 1 is 1.20 bits per heavy atom. The quantitative estimate of drug-likeness (QED) is 0.781. The van der Waals surface area contributed by atoms with Crippen molar-refractivity contribution in [3.05, 3.63) is 47.8 Å². The van der Waals surface area contributed by atoms with Gasteiger partial charge in [-0.25, -0.2) is 0 Å². The molecular formula is C12H14N2O. The summed E-state index contributed by atoms with van der Waals surface area (Å²) in [5.41, 5.74) is 4.94. The lowest BCUT2D eigenvalue weighted by atomic mass is 10.2. The van der Waals surface area contributed by atoms with Crippen LogP contribution in [-0.4, -0.2) is 10.6 Å². The Hall–Kier alpha value is -1.77. The Balaban J connectivity index is 2.12. The number of nitrogens with one attached hydrogen (secondary N) is 1. The van der Waals surface area contributed by atoms with E-state index in [2.05, 4.69) is 5.43 Å². The number of carbonyl (C=O) groups excluding carboxylic acids is 1. The summed E-state index contributed by atoms with van der Waals surface area (Å²) in [5, 5.41) is 0. The minimum atomic E-state index is -0.133. The molecule has 15 heavy (non-hydrogen) atoms. The van der Waals surface area contributed by atoms with Gasteiger partial charge < -0.3 is 0 Å². The van der Waals surface area contributed by atoms with Crippen LogP contribution in [0.2, 0.25) is 0 Å². The van der Waals surface area contributed by atoms with Crippen LogP contribution < -0.4 is 5.43 Å². The molecule has 78 valence electrons. The fourth-order valence-corrected chi connectivity index (χ4v) is 1.64. The number of aryl methyl sites for hydroxylation is 2. The number of hydrogen-bond acceptors (Lipinski definition) is 1. The Kier molecular flexibility index (Phi) is 2.46. The first kappa shape index (κ1) is 9.77. The molecule has 3 heteroatoms. The molecule has 0 bridgehead atoms. The van der Waals surface area contributed by atoms with Crippen LogP contribution in [0.5, 0.6) is 0 Å². The van der Waals surface area contributed by atoms with Crippen LogP contribution in [0, 0.1) is 19.8 Å². The lowest BCUT2D eigenvalue weighted by Gasteiger charge is -2.13. The summed E-state index contributed by atoms with van der Waals surface area (Å²) >= 11 is 0. The molecule has 0 spiro atoms. The smallest absolute Gasteiger partial charge is 0.249 e. The maximum atomic E-state index is 11.8. The van der Waals surface area contributed by atoms with Crippen molar-refractivity contribution in [2.75, 3.05) is 5.43 Å². The van der Waals surface area contributed by atoms with E-state index < -0.39 is 0 Å². The van der Waals surface area contributed by atoms with E-state index in [1.165, 1.54) is 0 Å². The topological polar surface area (TPSA) is 34.0 Å². The Morgan fingerprint density at radius 3 is 2.27 bits per heavy atom. The van der Waals surface area contributed by atoms with Crippen molar-refractivity contribution in [2.24, 2.45) is 5.92 Å². The van der Waals surface area contributed by atoms with Crippen LogP contribution in [-0.2, 0) is 4.79 Å². The van der Waals surface area contributed by atoms with Crippen molar-refractivity contribution in [3.63, 3.8) is 0 Å². The summed E-state index contributed by atoms with van der Waals surface area (Å²) in [4.78, 5) is 11.8. The monoisotopic (exact) mass is 202 g/mol. The highest BCUT2D eigenvalue weighted by atomic mass is 16.2. The van der Waals surface area contributed by atoms with E-state index in [-0.39, 0.29) is 11.8 Å². The third-order valence-electron chi connectivity index (χ3n) is 2.54. The zero-order chi connectivity index (χ0) is 10.8. The molecule has 1 aromatic heterocycles. The second kappa shape index (κ2) is 3.77.